The van der Waals surface area contributed by atoms with Crippen molar-refractivity contribution in [3.63, 3.8) is 0 Å². The van der Waals surface area contributed by atoms with Crippen molar-refractivity contribution in [1.82, 2.24) is 4.90 Å². The van der Waals surface area contributed by atoms with Crippen LogP contribution >= 0.6 is 0 Å². The fourth-order valence-electron chi connectivity index (χ4n) is 0.938. The molecule has 0 radical (unpaired) electrons. The third kappa shape index (κ3) is 6.71. The minimum Gasteiger partial charge on any atom is -0.392 e. The highest BCUT2D eigenvalue weighted by Gasteiger charge is 2.28. The summed E-state index contributed by atoms with van der Waals surface area (Å²) in [6.45, 7) is 1.52. The van der Waals surface area contributed by atoms with Crippen LogP contribution in [0.2, 0.25) is 0 Å². The molecular formula is C8H14F3NO2. The van der Waals surface area contributed by atoms with Gasteiger partial charge in [0.15, 0.2) is 0 Å². The molecule has 3 nitrogen and oxygen atoms in total. The first-order valence-electron chi connectivity index (χ1n) is 4.21. The Balaban J connectivity index is 3.85. The van der Waals surface area contributed by atoms with Gasteiger partial charge in [0.2, 0.25) is 5.91 Å². The molecule has 6 heteroatoms. The Hall–Kier alpha value is -0.780. The molecule has 0 spiro atoms. The van der Waals surface area contributed by atoms with E-state index >= 15 is 0 Å². The van der Waals surface area contributed by atoms with E-state index in [0.717, 1.165) is 4.90 Å². The van der Waals surface area contributed by atoms with Crippen LogP contribution in [0.5, 0.6) is 0 Å². The maximum absolute atomic E-state index is 11.7. The summed E-state index contributed by atoms with van der Waals surface area (Å²) in [4.78, 5) is 12.1. The van der Waals surface area contributed by atoms with E-state index in [0.29, 0.717) is 0 Å². The van der Waals surface area contributed by atoms with Gasteiger partial charge in [0.1, 0.15) is 0 Å². The minimum atomic E-state index is -4.30. The smallest absolute Gasteiger partial charge is 0.389 e. The Bertz CT molecular complexity index is 192. The van der Waals surface area contributed by atoms with E-state index in [1.54, 1.807) is 0 Å². The zero-order chi connectivity index (χ0) is 11.4. The summed E-state index contributed by atoms with van der Waals surface area (Å²) in [6.07, 6.45) is -6.71. The molecule has 14 heavy (non-hydrogen) atoms. The fraction of sp³-hybridized carbons (Fsp3) is 0.875. The van der Waals surface area contributed by atoms with Crippen molar-refractivity contribution >= 4 is 5.91 Å². The number of nitrogens with zero attached hydrogens (tertiary/aromatic N) is 1. The summed E-state index contributed by atoms with van der Waals surface area (Å²) < 4.78 is 35.2. The monoisotopic (exact) mass is 213 g/mol. The number of aliphatic hydroxyl groups excluding tert-OH is 1. The molecule has 1 unspecified atom stereocenters. The highest BCUT2D eigenvalue weighted by Crippen LogP contribution is 2.21. The Labute approximate surface area is 80.5 Å². The number of amides is 1. The summed E-state index contributed by atoms with van der Waals surface area (Å²) in [6, 6.07) is 0. The van der Waals surface area contributed by atoms with Gasteiger partial charge in [-0.15, -0.1) is 0 Å². The molecule has 84 valence electrons. The van der Waals surface area contributed by atoms with Crippen LogP contribution in [0.15, 0.2) is 0 Å². The normalized spacial score (nSPS) is 13.9. The number of halogens is 3. The van der Waals surface area contributed by atoms with E-state index in [2.05, 4.69) is 0 Å². The fourth-order valence-corrected chi connectivity index (χ4v) is 0.938. The zero-order valence-corrected chi connectivity index (χ0v) is 8.14. The van der Waals surface area contributed by atoms with Gasteiger partial charge >= 0.3 is 6.18 Å². The van der Waals surface area contributed by atoms with Crippen LogP contribution in [0.25, 0.3) is 0 Å². The molecule has 0 aromatic rings. The molecule has 1 atom stereocenters. The van der Waals surface area contributed by atoms with Crippen LogP contribution in [0.1, 0.15) is 19.8 Å². The van der Waals surface area contributed by atoms with Gasteiger partial charge in [0, 0.05) is 20.0 Å². The zero-order valence-electron chi connectivity index (χ0n) is 8.14. The molecule has 0 aliphatic carbocycles. The average Bonchev–Trinajstić information content (AvgIpc) is 1.97. The van der Waals surface area contributed by atoms with Crippen molar-refractivity contribution in [1.29, 1.82) is 0 Å². The maximum Gasteiger partial charge on any atom is 0.389 e. The lowest BCUT2D eigenvalue weighted by Crippen LogP contribution is -2.33. The first kappa shape index (κ1) is 13.2. The predicted octanol–water partition coefficient (Wildman–Crippen LogP) is 1.17. The van der Waals surface area contributed by atoms with Crippen LogP contribution in [0.3, 0.4) is 0 Å². The lowest BCUT2D eigenvalue weighted by molar-refractivity contribution is -0.148. The first-order valence-corrected chi connectivity index (χ1v) is 4.21. The predicted molar refractivity (Wildman–Crippen MR) is 44.6 cm³/mol. The molecule has 0 aliphatic heterocycles. The van der Waals surface area contributed by atoms with E-state index in [1.165, 1.54) is 14.0 Å². The summed E-state index contributed by atoms with van der Waals surface area (Å²) in [5, 5.41) is 8.88. The Kier molecular flexibility index (Phi) is 4.90. The van der Waals surface area contributed by atoms with Crippen molar-refractivity contribution in [3.8, 4) is 0 Å². The molecule has 0 saturated carbocycles. The molecule has 0 bridgehead atoms. The van der Waals surface area contributed by atoms with Crippen LogP contribution in [0.4, 0.5) is 13.2 Å². The molecule has 1 amide bonds. The maximum atomic E-state index is 11.7. The number of rotatable bonds is 4. The van der Waals surface area contributed by atoms with E-state index in [4.69, 9.17) is 5.11 Å². The molecule has 0 fully saturated rings. The van der Waals surface area contributed by atoms with E-state index in [1.807, 2.05) is 0 Å². The summed E-state index contributed by atoms with van der Waals surface area (Å²) >= 11 is 0. The SMILES string of the molecule is CC(O)CN(C)C(=O)CCC(F)(F)F. The number of hydrogen-bond acceptors (Lipinski definition) is 2. The largest absolute Gasteiger partial charge is 0.392 e. The van der Waals surface area contributed by atoms with Crippen LogP contribution in [-0.2, 0) is 4.79 Å². The van der Waals surface area contributed by atoms with E-state index in [-0.39, 0.29) is 6.54 Å². The molecular weight excluding hydrogens is 199 g/mol. The Morgan fingerprint density at radius 3 is 2.36 bits per heavy atom. The summed E-state index contributed by atoms with van der Waals surface area (Å²) in [7, 11) is 1.37. The number of likely N-dealkylation sites (N-methyl/N-ethyl adjacent to an activating group) is 1. The average molecular weight is 213 g/mol. The quantitative estimate of drug-likeness (QED) is 0.761. The topological polar surface area (TPSA) is 40.5 Å². The highest BCUT2D eigenvalue weighted by molar-refractivity contribution is 5.75. The van der Waals surface area contributed by atoms with Crippen LogP contribution < -0.4 is 0 Å². The molecule has 0 aromatic carbocycles. The summed E-state index contributed by atoms with van der Waals surface area (Å²) in [5.74, 6) is -0.608. The number of aliphatic hydroxyl groups is 1. The van der Waals surface area contributed by atoms with Crippen molar-refractivity contribution in [3.05, 3.63) is 0 Å². The second-order valence-electron chi connectivity index (χ2n) is 3.24. The molecule has 0 heterocycles. The van der Waals surface area contributed by atoms with Gasteiger partial charge in [-0.25, -0.2) is 0 Å². The molecule has 0 aromatic heterocycles. The van der Waals surface area contributed by atoms with Crippen LogP contribution in [0, 0.1) is 0 Å². The standard InChI is InChI=1S/C8H14F3NO2/c1-6(13)5-12(2)7(14)3-4-8(9,10)11/h6,13H,3-5H2,1-2H3. The molecule has 0 rings (SSSR count). The number of alkyl halides is 3. The molecule has 0 aliphatic rings. The second-order valence-corrected chi connectivity index (χ2v) is 3.24. The second kappa shape index (κ2) is 5.19. The number of hydrogen-bond donors (Lipinski definition) is 1. The van der Waals surface area contributed by atoms with Crippen molar-refractivity contribution in [2.24, 2.45) is 0 Å². The third-order valence-corrected chi connectivity index (χ3v) is 1.59. The van der Waals surface area contributed by atoms with Gasteiger partial charge in [-0.2, -0.15) is 13.2 Å². The van der Waals surface area contributed by atoms with E-state index < -0.39 is 31.0 Å². The third-order valence-electron chi connectivity index (χ3n) is 1.59. The lowest BCUT2D eigenvalue weighted by atomic mass is 10.2. The van der Waals surface area contributed by atoms with Gasteiger partial charge in [-0.05, 0) is 6.92 Å². The Morgan fingerprint density at radius 2 is 2.00 bits per heavy atom. The lowest BCUT2D eigenvalue weighted by Gasteiger charge is -2.18. The van der Waals surface area contributed by atoms with Crippen molar-refractivity contribution < 1.29 is 23.1 Å². The molecule has 0 saturated heterocycles. The van der Waals surface area contributed by atoms with Gasteiger partial charge in [-0.1, -0.05) is 0 Å². The first-order chi connectivity index (χ1) is 6.22. The summed E-state index contributed by atoms with van der Waals surface area (Å²) in [5.41, 5.74) is 0. The van der Waals surface area contributed by atoms with Gasteiger partial charge in [0.05, 0.1) is 12.5 Å². The van der Waals surface area contributed by atoms with Gasteiger partial charge < -0.3 is 10.0 Å². The Morgan fingerprint density at radius 1 is 1.50 bits per heavy atom. The highest BCUT2D eigenvalue weighted by atomic mass is 19.4. The van der Waals surface area contributed by atoms with E-state index in [9.17, 15) is 18.0 Å². The van der Waals surface area contributed by atoms with Gasteiger partial charge in [0.25, 0.3) is 0 Å². The number of carbonyl (C=O) groups excluding carboxylic acids is 1. The van der Waals surface area contributed by atoms with Gasteiger partial charge in [-0.3, -0.25) is 4.79 Å². The van der Waals surface area contributed by atoms with Crippen LogP contribution in [-0.4, -0.2) is 41.8 Å². The minimum absolute atomic E-state index is 0.0523. The van der Waals surface area contributed by atoms with Crippen molar-refractivity contribution in [2.75, 3.05) is 13.6 Å². The van der Waals surface area contributed by atoms with Crippen molar-refractivity contribution in [2.45, 2.75) is 32.0 Å². The molecule has 1 N–H and O–H groups in total. The number of carbonyl (C=O) groups is 1.